The highest BCUT2D eigenvalue weighted by atomic mass is 16.3. The summed E-state index contributed by atoms with van der Waals surface area (Å²) in [4.78, 5) is 15.1. The van der Waals surface area contributed by atoms with Crippen LogP contribution in [-0.2, 0) is 0 Å². The minimum absolute atomic E-state index is 0.0105. The topological polar surface area (TPSA) is 74.8 Å². The van der Waals surface area contributed by atoms with E-state index in [1.54, 1.807) is 16.7 Å². The molecule has 0 N–H and O–H groups in total. The zero-order valence-corrected chi connectivity index (χ0v) is 33.3. The van der Waals surface area contributed by atoms with Crippen LogP contribution in [-0.4, -0.2) is 24.1 Å². The molecule has 7 heteroatoms. The molecule has 0 radical (unpaired) electrons. The molecular formula is C57H33N5O2. The molecule has 0 spiro atoms. The van der Waals surface area contributed by atoms with E-state index in [2.05, 4.69) is 0 Å². The van der Waals surface area contributed by atoms with Gasteiger partial charge in [0, 0.05) is 66.0 Å². The van der Waals surface area contributed by atoms with Crippen LogP contribution in [0.1, 0.15) is 13.7 Å². The number of rotatable bonds is 5. The first-order valence-electron chi connectivity index (χ1n) is 25.6. The van der Waals surface area contributed by atoms with Crippen molar-refractivity contribution in [3.05, 3.63) is 200 Å². The van der Waals surface area contributed by atoms with E-state index in [0.717, 1.165) is 32.7 Å². The van der Waals surface area contributed by atoms with Gasteiger partial charge in [0.1, 0.15) is 22.3 Å². The Kier molecular flexibility index (Phi) is 5.53. The summed E-state index contributed by atoms with van der Waals surface area (Å²) in [5, 5.41) is 3.33. The molecule has 5 heterocycles. The van der Waals surface area contributed by atoms with Gasteiger partial charge in [-0.2, -0.15) is 9.97 Å². The van der Waals surface area contributed by atoms with Crippen molar-refractivity contribution in [2.24, 2.45) is 0 Å². The molecule has 0 amide bonds. The van der Waals surface area contributed by atoms with Crippen LogP contribution < -0.4 is 0 Å². The fourth-order valence-electron chi connectivity index (χ4n) is 9.27. The lowest BCUT2D eigenvalue weighted by molar-refractivity contribution is 0.668. The third-order valence-electron chi connectivity index (χ3n) is 12.1. The van der Waals surface area contributed by atoms with Crippen molar-refractivity contribution < 1.29 is 22.5 Å². The Balaban J connectivity index is 1.15. The third-order valence-corrected chi connectivity index (χ3v) is 12.1. The number of fused-ring (bicyclic) bond motifs is 13. The summed E-state index contributed by atoms with van der Waals surface area (Å²) in [7, 11) is 0. The summed E-state index contributed by atoms with van der Waals surface area (Å²) in [5.74, 6) is 0.247. The number of aromatic nitrogens is 5. The maximum atomic E-state index is 9.92. The van der Waals surface area contributed by atoms with E-state index in [1.807, 2.05) is 127 Å². The lowest BCUT2D eigenvalue weighted by atomic mass is 9.99. The highest BCUT2D eigenvalue weighted by Gasteiger charge is 2.24. The lowest BCUT2D eigenvalue weighted by Gasteiger charge is -2.12. The number of benzene rings is 9. The van der Waals surface area contributed by atoms with Crippen molar-refractivity contribution in [1.29, 1.82) is 0 Å². The van der Waals surface area contributed by atoms with Gasteiger partial charge in [-0.25, -0.2) is 4.98 Å². The largest absolute Gasteiger partial charge is 0.456 e. The van der Waals surface area contributed by atoms with Gasteiger partial charge < -0.3 is 13.4 Å². The van der Waals surface area contributed by atoms with Crippen LogP contribution in [0.25, 0.3) is 133 Å². The summed E-state index contributed by atoms with van der Waals surface area (Å²) in [6.45, 7) is 0. The van der Waals surface area contributed by atoms with Crippen LogP contribution in [0.4, 0.5) is 0 Å². The smallest absolute Gasteiger partial charge is 0.238 e. The van der Waals surface area contributed by atoms with E-state index < -0.39 is 60.4 Å². The van der Waals surface area contributed by atoms with E-state index in [4.69, 9.17) is 29.3 Å². The average Bonchev–Trinajstić information content (AvgIpc) is 4.20. The first-order valence-corrected chi connectivity index (χ1v) is 20.6. The van der Waals surface area contributed by atoms with Gasteiger partial charge in [0.25, 0.3) is 0 Å². The molecule has 14 rings (SSSR count). The minimum Gasteiger partial charge on any atom is -0.456 e. The molecule has 0 bridgehead atoms. The van der Waals surface area contributed by atoms with Crippen LogP contribution in [0.5, 0.6) is 0 Å². The van der Waals surface area contributed by atoms with E-state index >= 15 is 0 Å². The molecule has 0 aliphatic rings. The highest BCUT2D eigenvalue weighted by molar-refractivity contribution is 6.26. The van der Waals surface area contributed by atoms with Crippen LogP contribution >= 0.6 is 0 Å². The van der Waals surface area contributed by atoms with Crippen molar-refractivity contribution in [3.63, 3.8) is 0 Å². The maximum Gasteiger partial charge on any atom is 0.238 e. The number of para-hydroxylation sites is 3. The highest BCUT2D eigenvalue weighted by Crippen LogP contribution is 2.44. The van der Waals surface area contributed by atoms with Gasteiger partial charge in [0.15, 0.2) is 11.6 Å². The Morgan fingerprint density at radius 1 is 0.391 bits per heavy atom. The van der Waals surface area contributed by atoms with Gasteiger partial charge in [-0.3, -0.25) is 4.57 Å². The quantitative estimate of drug-likeness (QED) is 0.173. The van der Waals surface area contributed by atoms with Crippen LogP contribution in [0.3, 0.4) is 0 Å². The molecule has 0 aliphatic heterocycles. The second-order valence-corrected chi connectivity index (χ2v) is 15.6. The lowest BCUT2D eigenvalue weighted by Crippen LogP contribution is -2.06. The second kappa shape index (κ2) is 13.3. The first kappa shape index (κ1) is 26.5. The van der Waals surface area contributed by atoms with Gasteiger partial charge in [-0.05, 0) is 65.7 Å². The number of furan rings is 2. The molecule has 0 saturated heterocycles. The molecule has 0 saturated carbocycles. The summed E-state index contributed by atoms with van der Waals surface area (Å²) in [6.07, 6.45) is 0. The number of hydrogen-bond acceptors (Lipinski definition) is 5. The monoisotopic (exact) mass is 829 g/mol. The van der Waals surface area contributed by atoms with Crippen molar-refractivity contribution >= 4 is 87.5 Å². The molecule has 0 unspecified atom stereocenters. The zero-order chi connectivity index (χ0) is 50.6. The Morgan fingerprint density at radius 3 is 1.89 bits per heavy atom. The Bertz CT molecular complexity index is 4800. The molecule has 64 heavy (non-hydrogen) atoms. The van der Waals surface area contributed by atoms with Gasteiger partial charge in [-0.15, -0.1) is 0 Å². The first-order chi connectivity index (χ1) is 35.9. The Labute approximate surface area is 378 Å². The summed E-state index contributed by atoms with van der Waals surface area (Å²) >= 11 is 0. The molecule has 0 fully saturated rings. The predicted molar refractivity (Wildman–Crippen MR) is 259 cm³/mol. The van der Waals surface area contributed by atoms with Gasteiger partial charge in [-0.1, -0.05) is 139 Å². The maximum absolute atomic E-state index is 9.92. The van der Waals surface area contributed by atoms with Gasteiger partial charge >= 0.3 is 0 Å². The molecule has 7 nitrogen and oxygen atoms in total. The SMILES string of the molecule is [2H]c1c([2H])c([2H])c2c(c1[2H])c1c(c([2H])c([2H])c3c4c([2H])c([2H])c([2H])c([2H])c4n(-c4nc(-c5ccccc5)nc(-c5ccc6c(c5)oc5ccccc56)n4)c31)n2-c1ccc2c(c1)oc1cccc(-c3ccccc3)c12. The Morgan fingerprint density at radius 2 is 1.05 bits per heavy atom. The van der Waals surface area contributed by atoms with Crippen molar-refractivity contribution in [3.8, 4) is 45.5 Å². The standard InChI is InChI=1S/C57H33N5O2/c1-3-14-34(15-4-1)38-21-13-25-49-52(38)44-29-27-37(33-51(44)64-49)61-46-23-11-8-20-43(46)53-47(61)31-30-42-39-18-7-10-22-45(39)62(54(42)53)57-59-55(35-16-5-2-6-17-35)58-56(60-57)36-26-28-41-40-19-9-12-24-48(40)63-50(41)32-36/h1-33H/i7D,8D,10D,11D,18D,20D,22D,23D,30D,31D. The zero-order valence-electron chi connectivity index (χ0n) is 43.3. The molecular weight excluding hydrogens is 787 g/mol. The van der Waals surface area contributed by atoms with E-state index in [0.29, 0.717) is 39.1 Å². The fourth-order valence-corrected chi connectivity index (χ4v) is 9.27. The fraction of sp³-hybridized carbons (Fsp3) is 0. The molecule has 14 aromatic rings. The predicted octanol–water partition coefficient (Wildman–Crippen LogP) is 14.9. The van der Waals surface area contributed by atoms with Crippen LogP contribution in [0.2, 0.25) is 0 Å². The van der Waals surface area contributed by atoms with Crippen molar-refractivity contribution in [1.82, 2.24) is 24.1 Å². The summed E-state index contributed by atoms with van der Waals surface area (Å²) in [5.41, 5.74) is 5.66. The Hall–Kier alpha value is -8.81. The summed E-state index contributed by atoms with van der Waals surface area (Å²) in [6, 6.07) is 38.6. The normalized spacial score (nSPS) is 14.2. The second-order valence-electron chi connectivity index (χ2n) is 15.6. The van der Waals surface area contributed by atoms with E-state index in [9.17, 15) is 8.22 Å². The van der Waals surface area contributed by atoms with Crippen LogP contribution in [0, 0.1) is 0 Å². The molecule has 5 aromatic heterocycles. The molecule has 9 aromatic carbocycles. The number of nitrogens with zero attached hydrogens (tertiary/aromatic N) is 5. The van der Waals surface area contributed by atoms with Crippen LogP contribution in [0.15, 0.2) is 209 Å². The summed E-state index contributed by atoms with van der Waals surface area (Å²) < 4.78 is 110. The van der Waals surface area contributed by atoms with Crippen molar-refractivity contribution in [2.75, 3.05) is 0 Å². The van der Waals surface area contributed by atoms with E-state index in [-0.39, 0.29) is 61.2 Å². The van der Waals surface area contributed by atoms with E-state index in [1.165, 1.54) is 4.57 Å². The molecule has 0 aliphatic carbocycles. The van der Waals surface area contributed by atoms with Crippen molar-refractivity contribution in [2.45, 2.75) is 0 Å². The number of hydrogen-bond donors (Lipinski definition) is 0. The van der Waals surface area contributed by atoms with Gasteiger partial charge in [0.2, 0.25) is 5.95 Å². The average molecular weight is 830 g/mol. The third kappa shape index (κ3) is 5.06. The minimum atomic E-state index is -0.577. The molecule has 298 valence electrons. The van der Waals surface area contributed by atoms with Gasteiger partial charge in [0.05, 0.1) is 35.8 Å². The molecule has 0 atom stereocenters.